The number of carbonyl (C=O) groups is 1. The van der Waals surface area contributed by atoms with Crippen molar-refractivity contribution in [2.24, 2.45) is 0 Å². The Balaban J connectivity index is 1.74. The van der Waals surface area contributed by atoms with Crippen LogP contribution >= 0.6 is 0 Å². The highest BCUT2D eigenvalue weighted by atomic mass is 16.5. The molecule has 1 aromatic heterocycles. The second kappa shape index (κ2) is 10.0. The van der Waals surface area contributed by atoms with Crippen molar-refractivity contribution in [2.75, 3.05) is 19.0 Å². The Morgan fingerprint density at radius 1 is 1.23 bits per heavy atom. The van der Waals surface area contributed by atoms with Crippen LogP contribution in [-0.4, -0.2) is 35.0 Å². The van der Waals surface area contributed by atoms with E-state index in [9.17, 15) is 4.79 Å². The van der Waals surface area contributed by atoms with Gasteiger partial charge in [-0.05, 0) is 42.0 Å². The Bertz CT molecular complexity index is 1010. The average molecular weight is 407 g/mol. The summed E-state index contributed by atoms with van der Waals surface area (Å²) in [5, 5.41) is 27.5. The number of aliphatic hydroxyl groups excluding tert-OH is 1. The standard InChI is InChI=1S/C21H21N5O4/c1-29-17-8-4-14(5-9-17)12-18(20-25-19(10-11-27)30-26-20)24-21(28)23-16-6-2-15(13-22)3-7-16/h2-9,18,27H,10-12H2,1H3,(H2,23,24,28). The molecule has 0 fully saturated rings. The second-order valence-electron chi connectivity index (χ2n) is 6.41. The maximum atomic E-state index is 12.5. The van der Waals surface area contributed by atoms with Gasteiger partial charge in [0.2, 0.25) is 5.89 Å². The van der Waals surface area contributed by atoms with E-state index in [1.54, 1.807) is 31.4 Å². The fraction of sp³-hybridized carbons (Fsp3) is 0.238. The molecule has 0 bridgehead atoms. The molecule has 0 saturated heterocycles. The fourth-order valence-corrected chi connectivity index (χ4v) is 2.76. The number of aliphatic hydroxyl groups is 1. The first-order chi connectivity index (χ1) is 14.6. The summed E-state index contributed by atoms with van der Waals surface area (Å²) < 4.78 is 10.3. The minimum atomic E-state index is -0.562. The number of nitrogens with zero attached hydrogens (tertiary/aromatic N) is 3. The molecule has 0 saturated carbocycles. The van der Waals surface area contributed by atoms with Gasteiger partial charge in [-0.15, -0.1) is 0 Å². The number of anilines is 1. The van der Waals surface area contributed by atoms with Crippen LogP contribution in [0.2, 0.25) is 0 Å². The predicted molar refractivity (Wildman–Crippen MR) is 108 cm³/mol. The van der Waals surface area contributed by atoms with Crippen molar-refractivity contribution in [1.29, 1.82) is 5.26 Å². The maximum absolute atomic E-state index is 12.5. The molecule has 0 spiro atoms. The summed E-state index contributed by atoms with van der Waals surface area (Å²) in [7, 11) is 1.59. The van der Waals surface area contributed by atoms with E-state index in [2.05, 4.69) is 20.8 Å². The van der Waals surface area contributed by atoms with Crippen molar-refractivity contribution in [3.63, 3.8) is 0 Å². The molecule has 154 valence electrons. The third kappa shape index (κ3) is 5.56. The van der Waals surface area contributed by atoms with Crippen LogP contribution in [0.1, 0.15) is 28.9 Å². The minimum Gasteiger partial charge on any atom is -0.497 e. The van der Waals surface area contributed by atoms with Gasteiger partial charge >= 0.3 is 6.03 Å². The summed E-state index contributed by atoms with van der Waals surface area (Å²) in [6, 6.07) is 15.0. The van der Waals surface area contributed by atoms with E-state index in [-0.39, 0.29) is 13.0 Å². The Hall–Kier alpha value is -3.90. The zero-order chi connectivity index (χ0) is 21.3. The van der Waals surface area contributed by atoms with Gasteiger partial charge in [-0.25, -0.2) is 4.79 Å². The fourth-order valence-electron chi connectivity index (χ4n) is 2.76. The van der Waals surface area contributed by atoms with Gasteiger partial charge in [-0.3, -0.25) is 0 Å². The van der Waals surface area contributed by atoms with Crippen LogP contribution in [0, 0.1) is 11.3 Å². The normalized spacial score (nSPS) is 11.4. The largest absolute Gasteiger partial charge is 0.497 e. The molecule has 2 amide bonds. The minimum absolute atomic E-state index is 0.114. The van der Waals surface area contributed by atoms with E-state index >= 15 is 0 Å². The lowest BCUT2D eigenvalue weighted by atomic mass is 10.1. The van der Waals surface area contributed by atoms with Crippen LogP contribution in [0.25, 0.3) is 0 Å². The molecule has 9 heteroatoms. The number of amides is 2. The van der Waals surface area contributed by atoms with Crippen LogP contribution in [-0.2, 0) is 12.8 Å². The van der Waals surface area contributed by atoms with Crippen molar-refractivity contribution in [2.45, 2.75) is 18.9 Å². The van der Waals surface area contributed by atoms with Crippen LogP contribution in [0.4, 0.5) is 10.5 Å². The third-order valence-corrected chi connectivity index (χ3v) is 4.30. The first kappa shape index (κ1) is 20.8. The highest BCUT2D eigenvalue weighted by Gasteiger charge is 2.21. The van der Waals surface area contributed by atoms with E-state index in [4.69, 9.17) is 19.6 Å². The number of ether oxygens (including phenoxy) is 1. The molecule has 1 atom stereocenters. The monoisotopic (exact) mass is 407 g/mol. The SMILES string of the molecule is COc1ccc(CC(NC(=O)Nc2ccc(C#N)cc2)c2noc(CCO)n2)cc1. The van der Waals surface area contributed by atoms with E-state index in [1.807, 2.05) is 30.3 Å². The Morgan fingerprint density at radius 2 is 1.97 bits per heavy atom. The summed E-state index contributed by atoms with van der Waals surface area (Å²) in [6.45, 7) is -0.114. The lowest BCUT2D eigenvalue weighted by Crippen LogP contribution is -2.34. The lowest BCUT2D eigenvalue weighted by molar-refractivity contribution is 0.247. The Morgan fingerprint density at radius 3 is 2.60 bits per heavy atom. The second-order valence-corrected chi connectivity index (χ2v) is 6.41. The highest BCUT2D eigenvalue weighted by molar-refractivity contribution is 5.89. The molecule has 9 nitrogen and oxygen atoms in total. The maximum Gasteiger partial charge on any atom is 0.319 e. The summed E-state index contributed by atoms with van der Waals surface area (Å²) >= 11 is 0. The number of nitrogens with one attached hydrogen (secondary N) is 2. The van der Waals surface area contributed by atoms with Gasteiger partial charge in [0.05, 0.1) is 37.8 Å². The molecule has 3 aromatic rings. The van der Waals surface area contributed by atoms with Gasteiger partial charge in [0.25, 0.3) is 0 Å². The number of urea groups is 1. The number of aromatic nitrogens is 2. The number of hydrogen-bond donors (Lipinski definition) is 3. The van der Waals surface area contributed by atoms with Gasteiger partial charge < -0.3 is 25.0 Å². The van der Waals surface area contributed by atoms with Crippen LogP contribution in [0.5, 0.6) is 5.75 Å². The first-order valence-electron chi connectivity index (χ1n) is 9.25. The molecule has 30 heavy (non-hydrogen) atoms. The number of nitriles is 1. The molecule has 0 aliphatic rings. The summed E-state index contributed by atoms with van der Waals surface area (Å²) in [5.41, 5.74) is 1.98. The molecule has 0 aliphatic heterocycles. The van der Waals surface area contributed by atoms with Gasteiger partial charge in [-0.1, -0.05) is 17.3 Å². The predicted octanol–water partition coefficient (Wildman–Crippen LogP) is 2.59. The molecule has 3 rings (SSSR count). The quantitative estimate of drug-likeness (QED) is 0.522. The van der Waals surface area contributed by atoms with Crippen molar-refractivity contribution >= 4 is 11.7 Å². The summed E-state index contributed by atoms with van der Waals surface area (Å²) in [5.74, 6) is 1.33. The molecule has 0 aliphatic carbocycles. The highest BCUT2D eigenvalue weighted by Crippen LogP contribution is 2.19. The number of carbonyl (C=O) groups excluding carboxylic acids is 1. The molecule has 1 heterocycles. The van der Waals surface area contributed by atoms with E-state index in [0.717, 1.165) is 11.3 Å². The third-order valence-electron chi connectivity index (χ3n) is 4.30. The van der Waals surface area contributed by atoms with Crippen LogP contribution < -0.4 is 15.4 Å². The number of rotatable bonds is 8. The Labute approximate surface area is 173 Å². The van der Waals surface area contributed by atoms with Gasteiger partial charge in [0.1, 0.15) is 5.75 Å². The molecule has 0 radical (unpaired) electrons. The van der Waals surface area contributed by atoms with E-state index in [1.165, 1.54) is 0 Å². The van der Waals surface area contributed by atoms with E-state index < -0.39 is 12.1 Å². The van der Waals surface area contributed by atoms with Crippen molar-refractivity contribution in [3.05, 3.63) is 71.4 Å². The van der Waals surface area contributed by atoms with Crippen molar-refractivity contribution in [3.8, 4) is 11.8 Å². The smallest absolute Gasteiger partial charge is 0.319 e. The Kier molecular flexibility index (Phi) is 6.97. The number of benzene rings is 2. The van der Waals surface area contributed by atoms with Crippen molar-refractivity contribution in [1.82, 2.24) is 15.5 Å². The van der Waals surface area contributed by atoms with Gasteiger partial charge in [-0.2, -0.15) is 10.2 Å². The number of hydrogen-bond acceptors (Lipinski definition) is 7. The molecule has 1 unspecified atom stereocenters. The lowest BCUT2D eigenvalue weighted by Gasteiger charge is -2.16. The summed E-state index contributed by atoms with van der Waals surface area (Å²) in [4.78, 5) is 16.8. The molecular weight excluding hydrogens is 386 g/mol. The van der Waals surface area contributed by atoms with Crippen LogP contribution in [0.15, 0.2) is 53.1 Å². The molecule has 2 aromatic carbocycles. The molecular formula is C21H21N5O4. The van der Waals surface area contributed by atoms with Crippen LogP contribution in [0.3, 0.4) is 0 Å². The van der Waals surface area contributed by atoms with Crippen molar-refractivity contribution < 1.29 is 19.2 Å². The summed E-state index contributed by atoms with van der Waals surface area (Å²) in [6.07, 6.45) is 0.655. The number of methoxy groups -OCH3 is 1. The van der Waals surface area contributed by atoms with E-state index in [0.29, 0.717) is 29.4 Å². The van der Waals surface area contributed by atoms with Gasteiger partial charge in [0, 0.05) is 12.1 Å². The topological polar surface area (TPSA) is 133 Å². The zero-order valence-electron chi connectivity index (χ0n) is 16.3. The first-order valence-corrected chi connectivity index (χ1v) is 9.25. The zero-order valence-corrected chi connectivity index (χ0v) is 16.3. The molecule has 3 N–H and O–H groups in total. The average Bonchev–Trinajstić information content (AvgIpc) is 3.23. The van der Waals surface area contributed by atoms with Gasteiger partial charge in [0.15, 0.2) is 5.82 Å².